The molecule has 0 saturated heterocycles. The Bertz CT molecular complexity index is 624. The first-order valence-corrected chi connectivity index (χ1v) is 6.87. The van der Waals surface area contributed by atoms with E-state index in [1.807, 2.05) is 35.0 Å². The lowest BCUT2D eigenvalue weighted by atomic mass is 10.1. The number of rotatable bonds is 4. The lowest BCUT2D eigenvalue weighted by molar-refractivity contribution is 0.557. The van der Waals surface area contributed by atoms with Gasteiger partial charge >= 0.3 is 0 Å². The van der Waals surface area contributed by atoms with E-state index in [0.717, 1.165) is 31.0 Å². The molecule has 102 valence electrons. The van der Waals surface area contributed by atoms with Crippen molar-refractivity contribution in [3.05, 3.63) is 41.6 Å². The maximum Gasteiger partial charge on any atom is 0.157 e. The van der Waals surface area contributed by atoms with Crippen LogP contribution in [0, 0.1) is 11.3 Å². The Kier molecular flexibility index (Phi) is 3.66. The van der Waals surface area contributed by atoms with Crippen LogP contribution >= 0.6 is 0 Å². The van der Waals surface area contributed by atoms with Gasteiger partial charge in [0.2, 0.25) is 0 Å². The summed E-state index contributed by atoms with van der Waals surface area (Å²) in [7, 11) is 0. The van der Waals surface area contributed by atoms with Crippen molar-refractivity contribution in [3.8, 4) is 6.07 Å². The van der Waals surface area contributed by atoms with Gasteiger partial charge in [-0.25, -0.2) is 0 Å². The molecule has 1 aromatic carbocycles. The summed E-state index contributed by atoms with van der Waals surface area (Å²) in [6.45, 7) is 2.46. The van der Waals surface area contributed by atoms with E-state index in [1.165, 1.54) is 11.3 Å². The largest absolute Gasteiger partial charge is 0.338 e. The minimum absolute atomic E-state index is 0.492. The molecule has 0 saturated carbocycles. The van der Waals surface area contributed by atoms with Gasteiger partial charge in [-0.1, -0.05) is 18.2 Å². The molecule has 1 aliphatic rings. The van der Waals surface area contributed by atoms with Gasteiger partial charge < -0.3 is 10.6 Å². The first kappa shape index (κ1) is 12.7. The van der Waals surface area contributed by atoms with Gasteiger partial charge in [-0.05, 0) is 12.1 Å². The lowest BCUT2D eigenvalue weighted by Crippen LogP contribution is -2.25. The molecule has 2 heterocycles. The molecule has 0 radical (unpaired) electrons. The first-order valence-electron chi connectivity index (χ1n) is 6.87. The third-order valence-corrected chi connectivity index (χ3v) is 3.48. The number of nitrogens with zero attached hydrogens (tertiary/aromatic N) is 3. The van der Waals surface area contributed by atoms with Crippen molar-refractivity contribution < 1.29 is 0 Å². The van der Waals surface area contributed by atoms with E-state index in [0.29, 0.717) is 13.0 Å². The highest BCUT2D eigenvalue weighted by Gasteiger charge is 2.20. The number of fused-ring (bicyclic) bond motifs is 1. The quantitative estimate of drug-likeness (QED) is 0.891. The predicted molar refractivity (Wildman–Crippen MR) is 77.6 cm³/mol. The molecular formula is C15H17N5. The minimum Gasteiger partial charge on any atom is -0.338 e. The number of para-hydroxylation sites is 1. The molecule has 2 aromatic rings. The fourth-order valence-corrected chi connectivity index (χ4v) is 2.52. The van der Waals surface area contributed by atoms with Crippen molar-refractivity contribution in [3.63, 3.8) is 0 Å². The topological polar surface area (TPSA) is 65.7 Å². The van der Waals surface area contributed by atoms with Crippen molar-refractivity contribution in [2.75, 3.05) is 11.9 Å². The highest BCUT2D eigenvalue weighted by Crippen LogP contribution is 2.25. The maximum absolute atomic E-state index is 8.75. The van der Waals surface area contributed by atoms with E-state index in [-0.39, 0.29) is 0 Å². The Labute approximate surface area is 118 Å². The lowest BCUT2D eigenvalue weighted by Gasteiger charge is -2.15. The van der Waals surface area contributed by atoms with Gasteiger partial charge in [0.25, 0.3) is 0 Å². The van der Waals surface area contributed by atoms with Gasteiger partial charge in [0.15, 0.2) is 5.82 Å². The Hall–Kier alpha value is -2.32. The van der Waals surface area contributed by atoms with Gasteiger partial charge in [-0.15, -0.1) is 0 Å². The van der Waals surface area contributed by atoms with Gasteiger partial charge in [0, 0.05) is 36.5 Å². The third kappa shape index (κ3) is 2.51. The molecule has 0 amide bonds. The van der Waals surface area contributed by atoms with Crippen LogP contribution in [0.25, 0.3) is 0 Å². The number of hydrogen-bond acceptors (Lipinski definition) is 4. The first-order chi connectivity index (χ1) is 9.88. The fraction of sp³-hybridized carbons (Fsp3) is 0.333. The zero-order valence-electron chi connectivity index (χ0n) is 11.3. The molecule has 0 aliphatic carbocycles. The average Bonchev–Trinajstić information content (AvgIpc) is 2.85. The average molecular weight is 267 g/mol. The second kappa shape index (κ2) is 5.76. The molecule has 0 fully saturated rings. The summed E-state index contributed by atoms with van der Waals surface area (Å²) in [5.41, 5.74) is 3.50. The molecule has 5 heteroatoms. The maximum atomic E-state index is 8.75. The van der Waals surface area contributed by atoms with Crippen molar-refractivity contribution >= 4 is 11.5 Å². The molecule has 0 bridgehead atoms. The molecule has 1 aromatic heterocycles. The van der Waals surface area contributed by atoms with Crippen molar-refractivity contribution in [2.45, 2.75) is 25.9 Å². The van der Waals surface area contributed by atoms with Crippen LogP contribution in [0.4, 0.5) is 11.5 Å². The van der Waals surface area contributed by atoms with Crippen molar-refractivity contribution in [1.29, 1.82) is 5.26 Å². The van der Waals surface area contributed by atoms with Gasteiger partial charge in [-0.3, -0.25) is 4.68 Å². The number of aromatic nitrogens is 2. The van der Waals surface area contributed by atoms with Crippen LogP contribution in [-0.4, -0.2) is 16.3 Å². The predicted octanol–water partition coefficient (Wildman–Crippen LogP) is 2.19. The number of hydrogen-bond donors (Lipinski definition) is 2. The van der Waals surface area contributed by atoms with Crippen LogP contribution in [0.15, 0.2) is 30.3 Å². The molecule has 2 N–H and O–H groups in total. The number of nitrogens with one attached hydrogen (secondary N) is 2. The highest BCUT2D eigenvalue weighted by molar-refractivity contribution is 5.60. The summed E-state index contributed by atoms with van der Waals surface area (Å²) in [5.74, 6) is 0.899. The normalized spacial score (nSPS) is 13.6. The number of aryl methyl sites for hydroxylation is 1. The van der Waals surface area contributed by atoms with Gasteiger partial charge in [0.1, 0.15) is 0 Å². The highest BCUT2D eigenvalue weighted by atomic mass is 15.3. The number of nitriles is 1. The van der Waals surface area contributed by atoms with Crippen LogP contribution in [-0.2, 0) is 19.5 Å². The van der Waals surface area contributed by atoms with E-state index >= 15 is 0 Å². The SMILES string of the molecule is N#CCCn1nc(Nc2ccccc2)c2c1CCNC2. The van der Waals surface area contributed by atoms with E-state index in [4.69, 9.17) is 5.26 Å². The van der Waals surface area contributed by atoms with E-state index in [2.05, 4.69) is 21.8 Å². The summed E-state index contributed by atoms with van der Waals surface area (Å²) in [5, 5.41) is 20.1. The summed E-state index contributed by atoms with van der Waals surface area (Å²) in [6, 6.07) is 12.2. The van der Waals surface area contributed by atoms with Crippen LogP contribution in [0.1, 0.15) is 17.7 Å². The molecule has 3 rings (SSSR count). The Morgan fingerprint density at radius 3 is 3.00 bits per heavy atom. The van der Waals surface area contributed by atoms with Crippen molar-refractivity contribution in [1.82, 2.24) is 15.1 Å². The zero-order valence-corrected chi connectivity index (χ0v) is 11.3. The van der Waals surface area contributed by atoms with Crippen LogP contribution in [0.2, 0.25) is 0 Å². The van der Waals surface area contributed by atoms with Gasteiger partial charge in [0.05, 0.1) is 19.0 Å². The number of benzene rings is 1. The van der Waals surface area contributed by atoms with E-state index in [1.54, 1.807) is 0 Å². The summed E-state index contributed by atoms with van der Waals surface area (Å²) in [6.07, 6.45) is 1.45. The van der Waals surface area contributed by atoms with Crippen LogP contribution in [0.5, 0.6) is 0 Å². The second-order valence-electron chi connectivity index (χ2n) is 4.82. The second-order valence-corrected chi connectivity index (χ2v) is 4.82. The summed E-state index contributed by atoms with van der Waals surface area (Å²) >= 11 is 0. The molecule has 20 heavy (non-hydrogen) atoms. The molecular weight excluding hydrogens is 250 g/mol. The molecule has 0 unspecified atom stereocenters. The van der Waals surface area contributed by atoms with E-state index in [9.17, 15) is 0 Å². The van der Waals surface area contributed by atoms with Crippen LogP contribution in [0.3, 0.4) is 0 Å². The van der Waals surface area contributed by atoms with Gasteiger partial charge in [-0.2, -0.15) is 10.4 Å². The molecule has 1 aliphatic heterocycles. The fourth-order valence-electron chi connectivity index (χ4n) is 2.52. The smallest absolute Gasteiger partial charge is 0.157 e. The standard InChI is InChI=1S/C15H17N5/c16-8-4-10-20-14-7-9-17-11-13(14)15(19-20)18-12-5-2-1-3-6-12/h1-3,5-6,17H,4,7,9-11H2,(H,18,19). The Balaban J connectivity index is 1.90. The van der Waals surface area contributed by atoms with Crippen LogP contribution < -0.4 is 10.6 Å². The third-order valence-electron chi connectivity index (χ3n) is 3.48. The molecule has 0 atom stereocenters. The zero-order chi connectivity index (χ0) is 13.8. The summed E-state index contributed by atoms with van der Waals surface area (Å²) in [4.78, 5) is 0. The Morgan fingerprint density at radius 2 is 2.20 bits per heavy atom. The molecule has 5 nitrogen and oxygen atoms in total. The Morgan fingerprint density at radius 1 is 1.35 bits per heavy atom. The number of anilines is 2. The summed E-state index contributed by atoms with van der Waals surface area (Å²) < 4.78 is 1.98. The van der Waals surface area contributed by atoms with E-state index < -0.39 is 0 Å². The minimum atomic E-state index is 0.492. The van der Waals surface area contributed by atoms with Crippen molar-refractivity contribution in [2.24, 2.45) is 0 Å². The molecule has 0 spiro atoms. The monoisotopic (exact) mass is 267 g/mol.